The van der Waals surface area contributed by atoms with E-state index < -0.39 is 0 Å². The highest BCUT2D eigenvalue weighted by Gasteiger charge is 2.43. The SMILES string of the molecule is C1=CC2CC1CC2CC1CC2CCC1C2. The summed E-state index contributed by atoms with van der Waals surface area (Å²) < 4.78 is 0. The Hall–Kier alpha value is -0.260. The first-order chi connectivity index (χ1) is 7.38. The maximum Gasteiger partial charge on any atom is -0.0199 e. The molecule has 15 heavy (non-hydrogen) atoms. The maximum absolute atomic E-state index is 2.53. The van der Waals surface area contributed by atoms with Crippen LogP contribution in [0.5, 0.6) is 0 Å². The summed E-state index contributed by atoms with van der Waals surface area (Å²) in [7, 11) is 0. The molecule has 0 saturated heterocycles. The normalized spacial score (nSPS) is 55.7. The fourth-order valence-electron chi connectivity index (χ4n) is 5.22. The van der Waals surface area contributed by atoms with Crippen molar-refractivity contribution < 1.29 is 0 Å². The molecule has 82 valence electrons. The Balaban J connectivity index is 1.43. The minimum absolute atomic E-state index is 0.985. The molecule has 0 aromatic rings. The minimum atomic E-state index is 0.985. The van der Waals surface area contributed by atoms with Crippen molar-refractivity contribution in [1.82, 2.24) is 0 Å². The zero-order chi connectivity index (χ0) is 9.83. The van der Waals surface area contributed by atoms with Gasteiger partial charge < -0.3 is 0 Å². The van der Waals surface area contributed by atoms with Gasteiger partial charge in [0.25, 0.3) is 0 Å². The van der Waals surface area contributed by atoms with Crippen molar-refractivity contribution in [2.45, 2.75) is 44.9 Å². The Morgan fingerprint density at radius 2 is 1.87 bits per heavy atom. The van der Waals surface area contributed by atoms with Crippen LogP contribution >= 0.6 is 0 Å². The molecule has 0 radical (unpaired) electrons. The highest BCUT2D eigenvalue weighted by Crippen LogP contribution is 2.54. The van der Waals surface area contributed by atoms with E-state index in [1.54, 1.807) is 32.1 Å². The number of hydrogen-bond donors (Lipinski definition) is 0. The van der Waals surface area contributed by atoms with E-state index >= 15 is 0 Å². The van der Waals surface area contributed by atoms with E-state index in [9.17, 15) is 0 Å². The first-order valence-corrected chi connectivity index (χ1v) is 7.07. The van der Waals surface area contributed by atoms with Crippen LogP contribution in [0.3, 0.4) is 0 Å². The largest absolute Gasteiger partial charge is 0.0851 e. The molecule has 0 spiro atoms. The van der Waals surface area contributed by atoms with E-state index in [0.717, 1.165) is 35.5 Å². The monoisotopic (exact) mass is 202 g/mol. The van der Waals surface area contributed by atoms with Crippen LogP contribution in [0.25, 0.3) is 0 Å². The van der Waals surface area contributed by atoms with Gasteiger partial charge in [-0.05, 0) is 74.0 Å². The van der Waals surface area contributed by atoms with Crippen LogP contribution in [-0.2, 0) is 0 Å². The number of rotatable bonds is 2. The smallest absolute Gasteiger partial charge is 0.0199 e. The van der Waals surface area contributed by atoms with Crippen molar-refractivity contribution >= 4 is 0 Å². The molecule has 3 saturated carbocycles. The lowest BCUT2D eigenvalue weighted by Crippen LogP contribution is -2.17. The molecular formula is C15H22. The molecule has 6 atom stereocenters. The van der Waals surface area contributed by atoms with Crippen LogP contribution in [0.4, 0.5) is 0 Å². The van der Waals surface area contributed by atoms with Crippen molar-refractivity contribution in [3.8, 4) is 0 Å². The molecule has 0 heterocycles. The zero-order valence-corrected chi connectivity index (χ0v) is 9.57. The molecule has 3 fully saturated rings. The van der Waals surface area contributed by atoms with Crippen molar-refractivity contribution in [2.75, 3.05) is 0 Å². The molecule has 6 unspecified atom stereocenters. The van der Waals surface area contributed by atoms with E-state index in [1.165, 1.54) is 12.8 Å². The molecular weight excluding hydrogens is 180 g/mol. The van der Waals surface area contributed by atoms with Gasteiger partial charge in [0, 0.05) is 0 Å². The Bertz CT molecular complexity index is 290. The quantitative estimate of drug-likeness (QED) is 0.593. The summed E-state index contributed by atoms with van der Waals surface area (Å²) in [6, 6.07) is 0. The van der Waals surface area contributed by atoms with Crippen molar-refractivity contribution in [2.24, 2.45) is 35.5 Å². The molecule has 0 aromatic heterocycles. The molecule has 0 N–H and O–H groups in total. The summed E-state index contributed by atoms with van der Waals surface area (Å²) in [6.07, 6.45) is 16.0. The lowest BCUT2D eigenvalue weighted by atomic mass is 9.78. The molecule has 4 rings (SSSR count). The van der Waals surface area contributed by atoms with Crippen molar-refractivity contribution in [1.29, 1.82) is 0 Å². The molecule has 4 aliphatic rings. The number of allylic oxidation sites excluding steroid dienone is 2. The van der Waals surface area contributed by atoms with Gasteiger partial charge in [0.05, 0.1) is 0 Å². The second-order valence-corrected chi connectivity index (χ2v) is 6.71. The first-order valence-electron chi connectivity index (χ1n) is 7.07. The topological polar surface area (TPSA) is 0 Å². The summed E-state index contributed by atoms with van der Waals surface area (Å²) in [5.41, 5.74) is 0. The summed E-state index contributed by atoms with van der Waals surface area (Å²) >= 11 is 0. The molecule has 0 aromatic carbocycles. The Morgan fingerprint density at radius 3 is 2.47 bits per heavy atom. The Labute approximate surface area is 93.1 Å². The maximum atomic E-state index is 2.53. The highest BCUT2D eigenvalue weighted by atomic mass is 14.5. The standard InChI is InChI=1S/C15H22/c1-3-12-5-10(1)7-14(12)9-15-8-11-2-4-13(15)6-11/h1,3,10-15H,2,4-9H2. The van der Waals surface area contributed by atoms with Gasteiger partial charge >= 0.3 is 0 Å². The Morgan fingerprint density at radius 1 is 0.867 bits per heavy atom. The van der Waals surface area contributed by atoms with Gasteiger partial charge in [-0.15, -0.1) is 0 Å². The third kappa shape index (κ3) is 1.33. The van der Waals surface area contributed by atoms with Gasteiger partial charge in [-0.2, -0.15) is 0 Å². The fraction of sp³-hybridized carbons (Fsp3) is 0.867. The lowest BCUT2D eigenvalue weighted by molar-refractivity contribution is 0.249. The Kier molecular flexibility index (Phi) is 1.84. The average Bonchev–Trinajstić information content (AvgIpc) is 2.96. The number of fused-ring (bicyclic) bond motifs is 4. The number of hydrogen-bond acceptors (Lipinski definition) is 0. The van der Waals surface area contributed by atoms with E-state index in [4.69, 9.17) is 0 Å². The molecule has 0 amide bonds. The van der Waals surface area contributed by atoms with Gasteiger partial charge in [0.2, 0.25) is 0 Å². The van der Waals surface area contributed by atoms with Crippen LogP contribution in [0.1, 0.15) is 44.9 Å². The molecule has 4 bridgehead atoms. The van der Waals surface area contributed by atoms with Crippen LogP contribution in [0.15, 0.2) is 12.2 Å². The molecule has 0 nitrogen and oxygen atoms in total. The summed E-state index contributed by atoms with van der Waals surface area (Å²) in [5, 5.41) is 0. The predicted octanol–water partition coefficient (Wildman–Crippen LogP) is 4.02. The molecule has 0 heteroatoms. The van der Waals surface area contributed by atoms with E-state index in [-0.39, 0.29) is 0 Å². The van der Waals surface area contributed by atoms with Crippen molar-refractivity contribution in [3.05, 3.63) is 12.2 Å². The second kappa shape index (κ2) is 3.12. The average molecular weight is 202 g/mol. The molecule has 0 aliphatic heterocycles. The minimum Gasteiger partial charge on any atom is -0.0851 e. The van der Waals surface area contributed by atoms with Crippen LogP contribution < -0.4 is 0 Å². The van der Waals surface area contributed by atoms with Gasteiger partial charge in [0.15, 0.2) is 0 Å². The van der Waals surface area contributed by atoms with E-state index in [2.05, 4.69) is 12.2 Å². The van der Waals surface area contributed by atoms with E-state index in [1.807, 2.05) is 0 Å². The predicted molar refractivity (Wildman–Crippen MR) is 62.4 cm³/mol. The fourth-order valence-corrected chi connectivity index (χ4v) is 5.22. The summed E-state index contributed by atoms with van der Waals surface area (Å²) in [6.45, 7) is 0. The van der Waals surface area contributed by atoms with Gasteiger partial charge in [0.1, 0.15) is 0 Å². The third-order valence-corrected chi connectivity index (χ3v) is 5.91. The van der Waals surface area contributed by atoms with Gasteiger partial charge in [-0.3, -0.25) is 0 Å². The van der Waals surface area contributed by atoms with Crippen LogP contribution in [0.2, 0.25) is 0 Å². The van der Waals surface area contributed by atoms with E-state index in [0.29, 0.717) is 0 Å². The van der Waals surface area contributed by atoms with Gasteiger partial charge in [-0.1, -0.05) is 18.6 Å². The van der Waals surface area contributed by atoms with Crippen LogP contribution in [0, 0.1) is 35.5 Å². The van der Waals surface area contributed by atoms with Gasteiger partial charge in [-0.25, -0.2) is 0 Å². The third-order valence-electron chi connectivity index (χ3n) is 5.91. The second-order valence-electron chi connectivity index (χ2n) is 6.71. The van der Waals surface area contributed by atoms with Crippen LogP contribution in [-0.4, -0.2) is 0 Å². The lowest BCUT2D eigenvalue weighted by Gasteiger charge is -2.27. The molecule has 4 aliphatic carbocycles. The highest BCUT2D eigenvalue weighted by molar-refractivity contribution is 5.10. The van der Waals surface area contributed by atoms with Crippen molar-refractivity contribution in [3.63, 3.8) is 0 Å². The summed E-state index contributed by atoms with van der Waals surface area (Å²) in [4.78, 5) is 0. The summed E-state index contributed by atoms with van der Waals surface area (Å²) in [5.74, 6) is 6.51. The zero-order valence-electron chi connectivity index (χ0n) is 9.57. The first kappa shape index (κ1) is 8.84.